The first-order chi connectivity index (χ1) is 13.1. The number of likely N-dealkylation sites (N-methyl/N-ethyl adjacent to an activating group) is 1. The Morgan fingerprint density at radius 3 is 2.89 bits per heavy atom. The van der Waals surface area contributed by atoms with Crippen molar-refractivity contribution in [3.05, 3.63) is 53.9 Å². The number of rotatable bonds is 5. The minimum Gasteiger partial charge on any atom is -0.485 e. The Hall–Kier alpha value is -3.02. The standard InChI is InChI=1S/C21H23N3O3/c1-3-24(11-10-20-22-15-9-8-14(2)12-16(15)23-20)21(25)19-13-26-17-6-4-5-7-18(17)27-19/h4-9,12,19H,3,10-11,13H2,1-2H3,(H,22,23). The molecule has 1 unspecified atom stereocenters. The number of nitrogens with zero attached hydrogens (tertiary/aromatic N) is 2. The van der Waals surface area contributed by atoms with Crippen molar-refractivity contribution in [1.29, 1.82) is 0 Å². The summed E-state index contributed by atoms with van der Waals surface area (Å²) >= 11 is 0. The van der Waals surface area contributed by atoms with E-state index >= 15 is 0 Å². The third-order valence-corrected chi connectivity index (χ3v) is 4.78. The zero-order valence-corrected chi connectivity index (χ0v) is 15.6. The Bertz CT molecular complexity index is 966. The van der Waals surface area contributed by atoms with Crippen molar-refractivity contribution in [3.8, 4) is 11.5 Å². The van der Waals surface area contributed by atoms with E-state index in [2.05, 4.69) is 23.0 Å². The quantitative estimate of drug-likeness (QED) is 0.754. The predicted octanol–water partition coefficient (Wildman–Crippen LogP) is 3.10. The minimum absolute atomic E-state index is 0.0565. The Morgan fingerprint density at radius 2 is 2.07 bits per heavy atom. The zero-order chi connectivity index (χ0) is 18.8. The molecule has 0 fully saturated rings. The number of carbonyl (C=O) groups excluding carboxylic acids is 1. The van der Waals surface area contributed by atoms with Crippen molar-refractivity contribution < 1.29 is 14.3 Å². The predicted molar refractivity (Wildman–Crippen MR) is 103 cm³/mol. The third kappa shape index (κ3) is 3.60. The molecule has 1 aromatic heterocycles. The number of para-hydroxylation sites is 2. The van der Waals surface area contributed by atoms with Gasteiger partial charge in [0, 0.05) is 19.5 Å². The van der Waals surface area contributed by atoms with Gasteiger partial charge in [0.05, 0.1) is 11.0 Å². The van der Waals surface area contributed by atoms with E-state index in [-0.39, 0.29) is 12.5 Å². The van der Waals surface area contributed by atoms with Gasteiger partial charge in [-0.1, -0.05) is 18.2 Å². The molecule has 0 radical (unpaired) electrons. The van der Waals surface area contributed by atoms with E-state index < -0.39 is 6.10 Å². The van der Waals surface area contributed by atoms with Gasteiger partial charge >= 0.3 is 0 Å². The number of aromatic nitrogens is 2. The zero-order valence-electron chi connectivity index (χ0n) is 15.6. The molecule has 2 heterocycles. The molecule has 4 rings (SSSR count). The van der Waals surface area contributed by atoms with Gasteiger partial charge in [0.1, 0.15) is 12.4 Å². The van der Waals surface area contributed by atoms with Gasteiger partial charge in [-0.15, -0.1) is 0 Å². The molecule has 1 amide bonds. The Labute approximate surface area is 158 Å². The largest absolute Gasteiger partial charge is 0.485 e. The second-order valence-electron chi connectivity index (χ2n) is 6.74. The van der Waals surface area contributed by atoms with E-state index in [1.165, 1.54) is 5.56 Å². The van der Waals surface area contributed by atoms with Crippen LogP contribution in [0.5, 0.6) is 11.5 Å². The fraction of sp³-hybridized carbons (Fsp3) is 0.333. The summed E-state index contributed by atoms with van der Waals surface area (Å²) in [7, 11) is 0. The van der Waals surface area contributed by atoms with Crippen LogP contribution in [0.15, 0.2) is 42.5 Å². The fourth-order valence-electron chi connectivity index (χ4n) is 3.30. The molecule has 3 aromatic rings. The number of imidazole rings is 1. The van der Waals surface area contributed by atoms with Crippen LogP contribution in [0.4, 0.5) is 0 Å². The fourth-order valence-corrected chi connectivity index (χ4v) is 3.30. The summed E-state index contributed by atoms with van der Waals surface area (Å²) in [6.07, 6.45) is 0.0514. The highest BCUT2D eigenvalue weighted by atomic mass is 16.6. The van der Waals surface area contributed by atoms with Gasteiger partial charge in [0.25, 0.3) is 5.91 Å². The average molecular weight is 365 g/mol. The summed E-state index contributed by atoms with van der Waals surface area (Å²) in [6, 6.07) is 13.6. The van der Waals surface area contributed by atoms with E-state index in [1.807, 2.05) is 43.3 Å². The molecule has 6 nitrogen and oxygen atoms in total. The Balaban J connectivity index is 1.41. The van der Waals surface area contributed by atoms with Crippen molar-refractivity contribution in [3.63, 3.8) is 0 Å². The summed E-state index contributed by atoms with van der Waals surface area (Å²) in [5.41, 5.74) is 3.17. The number of ether oxygens (including phenoxy) is 2. The lowest BCUT2D eigenvalue weighted by Gasteiger charge is -2.30. The van der Waals surface area contributed by atoms with Gasteiger partial charge in [0.2, 0.25) is 6.10 Å². The van der Waals surface area contributed by atoms with Gasteiger partial charge in [-0.25, -0.2) is 4.98 Å². The number of amides is 1. The van der Waals surface area contributed by atoms with E-state index in [0.29, 0.717) is 31.0 Å². The van der Waals surface area contributed by atoms with Crippen molar-refractivity contribution in [1.82, 2.24) is 14.9 Å². The highest BCUT2D eigenvalue weighted by Crippen LogP contribution is 2.31. The molecule has 0 spiro atoms. The van der Waals surface area contributed by atoms with E-state index in [9.17, 15) is 4.79 Å². The number of benzene rings is 2. The van der Waals surface area contributed by atoms with Crippen LogP contribution in [-0.4, -0.2) is 46.6 Å². The number of carbonyl (C=O) groups is 1. The molecule has 1 aliphatic heterocycles. The lowest BCUT2D eigenvalue weighted by molar-refractivity contribution is -0.141. The van der Waals surface area contributed by atoms with Crippen LogP contribution in [-0.2, 0) is 11.2 Å². The van der Waals surface area contributed by atoms with Crippen molar-refractivity contribution in [2.75, 3.05) is 19.7 Å². The van der Waals surface area contributed by atoms with Crippen LogP contribution in [0.2, 0.25) is 0 Å². The SMILES string of the molecule is CCN(CCc1nc2ccc(C)cc2[nH]1)C(=O)C1COc2ccccc2O1. The number of aryl methyl sites for hydroxylation is 1. The van der Waals surface area contributed by atoms with Crippen LogP contribution in [0.1, 0.15) is 18.3 Å². The molecular formula is C21H23N3O3. The Kier molecular flexibility index (Phi) is 4.71. The monoisotopic (exact) mass is 365 g/mol. The van der Waals surface area contributed by atoms with E-state index in [1.54, 1.807) is 4.90 Å². The highest BCUT2D eigenvalue weighted by molar-refractivity contribution is 5.82. The summed E-state index contributed by atoms with van der Waals surface area (Å²) in [5.74, 6) is 2.12. The number of hydrogen-bond donors (Lipinski definition) is 1. The van der Waals surface area contributed by atoms with Crippen LogP contribution in [0.3, 0.4) is 0 Å². The first-order valence-electron chi connectivity index (χ1n) is 9.26. The molecular weight excluding hydrogens is 342 g/mol. The summed E-state index contributed by atoms with van der Waals surface area (Å²) in [5, 5.41) is 0. The van der Waals surface area contributed by atoms with E-state index in [0.717, 1.165) is 16.9 Å². The molecule has 0 saturated heterocycles. The first kappa shape index (κ1) is 17.4. The number of hydrogen-bond acceptors (Lipinski definition) is 4. The van der Waals surface area contributed by atoms with E-state index in [4.69, 9.17) is 9.47 Å². The Morgan fingerprint density at radius 1 is 1.26 bits per heavy atom. The molecule has 27 heavy (non-hydrogen) atoms. The smallest absolute Gasteiger partial charge is 0.267 e. The van der Waals surface area contributed by atoms with Crippen LogP contribution < -0.4 is 9.47 Å². The maximum atomic E-state index is 12.9. The molecule has 1 atom stereocenters. The normalized spacial score (nSPS) is 15.7. The number of H-pyrrole nitrogens is 1. The third-order valence-electron chi connectivity index (χ3n) is 4.78. The number of nitrogens with one attached hydrogen (secondary N) is 1. The first-order valence-corrected chi connectivity index (χ1v) is 9.26. The molecule has 0 bridgehead atoms. The second kappa shape index (κ2) is 7.31. The maximum absolute atomic E-state index is 12.9. The summed E-state index contributed by atoms with van der Waals surface area (Å²) in [4.78, 5) is 22.6. The lowest BCUT2D eigenvalue weighted by Crippen LogP contribution is -2.47. The maximum Gasteiger partial charge on any atom is 0.267 e. The van der Waals surface area contributed by atoms with Gasteiger partial charge in [0.15, 0.2) is 11.5 Å². The average Bonchev–Trinajstić information content (AvgIpc) is 3.09. The van der Waals surface area contributed by atoms with Gasteiger partial charge < -0.3 is 19.4 Å². The summed E-state index contributed by atoms with van der Waals surface area (Å²) < 4.78 is 11.5. The van der Waals surface area contributed by atoms with Crippen molar-refractivity contribution in [2.24, 2.45) is 0 Å². The second-order valence-corrected chi connectivity index (χ2v) is 6.74. The van der Waals surface area contributed by atoms with Gasteiger partial charge in [-0.2, -0.15) is 0 Å². The van der Waals surface area contributed by atoms with Crippen LogP contribution >= 0.6 is 0 Å². The lowest BCUT2D eigenvalue weighted by atomic mass is 10.2. The highest BCUT2D eigenvalue weighted by Gasteiger charge is 2.30. The van der Waals surface area contributed by atoms with Crippen molar-refractivity contribution >= 4 is 16.9 Å². The molecule has 140 valence electrons. The molecule has 2 aromatic carbocycles. The molecule has 0 saturated carbocycles. The molecule has 1 N–H and O–H groups in total. The molecule has 6 heteroatoms. The van der Waals surface area contributed by atoms with Gasteiger partial charge in [-0.3, -0.25) is 4.79 Å². The molecule has 1 aliphatic rings. The van der Waals surface area contributed by atoms with Gasteiger partial charge in [-0.05, 0) is 43.7 Å². The summed E-state index contributed by atoms with van der Waals surface area (Å²) in [6.45, 7) is 5.45. The molecule has 0 aliphatic carbocycles. The minimum atomic E-state index is -0.613. The van der Waals surface area contributed by atoms with Crippen LogP contribution in [0, 0.1) is 6.92 Å². The number of aromatic amines is 1. The topological polar surface area (TPSA) is 67.5 Å². The number of fused-ring (bicyclic) bond motifs is 2. The van der Waals surface area contributed by atoms with Crippen LogP contribution in [0.25, 0.3) is 11.0 Å². The van der Waals surface area contributed by atoms with Crippen molar-refractivity contribution in [2.45, 2.75) is 26.4 Å².